The van der Waals surface area contributed by atoms with Crippen molar-refractivity contribution in [2.24, 2.45) is 0 Å². The second-order valence-corrected chi connectivity index (χ2v) is 5.21. The first kappa shape index (κ1) is 12.9. The van der Waals surface area contributed by atoms with Gasteiger partial charge >= 0.3 is 0 Å². The number of anilines is 1. The Hall–Kier alpha value is -0.580. The summed E-state index contributed by atoms with van der Waals surface area (Å²) in [4.78, 5) is 4.87. The molecule has 1 N–H and O–H groups in total. The molecule has 17 heavy (non-hydrogen) atoms. The van der Waals surface area contributed by atoms with E-state index in [9.17, 15) is 0 Å². The SMILES string of the molecule is CCN1CCN(c2ccc(CO)c(Br)c2)CC1. The van der Waals surface area contributed by atoms with Gasteiger partial charge in [0.15, 0.2) is 0 Å². The summed E-state index contributed by atoms with van der Waals surface area (Å²) in [6.07, 6.45) is 0. The molecule has 94 valence electrons. The number of hydrogen-bond donors (Lipinski definition) is 1. The molecular weight excluding hydrogens is 280 g/mol. The van der Waals surface area contributed by atoms with Gasteiger partial charge in [0.1, 0.15) is 0 Å². The third kappa shape index (κ3) is 3.00. The number of nitrogens with zero attached hydrogens (tertiary/aromatic N) is 2. The minimum atomic E-state index is 0.0878. The average molecular weight is 299 g/mol. The normalized spacial score (nSPS) is 17.5. The Balaban J connectivity index is 2.06. The Labute approximate surface area is 111 Å². The third-order valence-electron chi connectivity index (χ3n) is 3.39. The predicted molar refractivity (Wildman–Crippen MR) is 74.4 cm³/mol. The first-order valence-electron chi connectivity index (χ1n) is 6.11. The third-order valence-corrected chi connectivity index (χ3v) is 4.13. The summed E-state index contributed by atoms with van der Waals surface area (Å²) < 4.78 is 0.996. The Morgan fingerprint density at radius 1 is 1.24 bits per heavy atom. The summed E-state index contributed by atoms with van der Waals surface area (Å²) in [6.45, 7) is 7.87. The largest absolute Gasteiger partial charge is 0.392 e. The van der Waals surface area contributed by atoms with E-state index in [1.54, 1.807) is 0 Å². The van der Waals surface area contributed by atoms with Gasteiger partial charge in [0.05, 0.1) is 6.61 Å². The molecular formula is C13H19BrN2O. The van der Waals surface area contributed by atoms with E-state index in [1.165, 1.54) is 5.69 Å². The fourth-order valence-corrected chi connectivity index (χ4v) is 2.68. The fraction of sp³-hybridized carbons (Fsp3) is 0.538. The molecule has 1 heterocycles. The second kappa shape index (κ2) is 5.85. The average Bonchev–Trinajstić information content (AvgIpc) is 2.39. The highest BCUT2D eigenvalue weighted by Crippen LogP contribution is 2.25. The van der Waals surface area contributed by atoms with Crippen molar-refractivity contribution >= 4 is 21.6 Å². The minimum Gasteiger partial charge on any atom is -0.392 e. The van der Waals surface area contributed by atoms with E-state index in [-0.39, 0.29) is 6.61 Å². The van der Waals surface area contributed by atoms with Gasteiger partial charge in [-0.3, -0.25) is 0 Å². The number of hydrogen-bond acceptors (Lipinski definition) is 3. The van der Waals surface area contributed by atoms with Gasteiger partial charge in [-0.1, -0.05) is 28.9 Å². The summed E-state index contributed by atoms with van der Waals surface area (Å²) in [5.41, 5.74) is 2.19. The topological polar surface area (TPSA) is 26.7 Å². The zero-order valence-electron chi connectivity index (χ0n) is 10.2. The highest BCUT2D eigenvalue weighted by Gasteiger charge is 2.16. The fourth-order valence-electron chi connectivity index (χ4n) is 2.18. The lowest BCUT2D eigenvalue weighted by Crippen LogP contribution is -2.46. The van der Waals surface area contributed by atoms with Crippen LogP contribution in [0.4, 0.5) is 5.69 Å². The number of rotatable bonds is 3. The molecule has 1 aliphatic heterocycles. The molecule has 0 radical (unpaired) electrons. The Kier molecular flexibility index (Phi) is 4.42. The zero-order valence-corrected chi connectivity index (χ0v) is 11.8. The van der Waals surface area contributed by atoms with Gasteiger partial charge < -0.3 is 14.9 Å². The molecule has 0 bridgehead atoms. The summed E-state index contributed by atoms with van der Waals surface area (Å²) >= 11 is 3.50. The summed E-state index contributed by atoms with van der Waals surface area (Å²) in [7, 11) is 0. The molecule has 1 fully saturated rings. The summed E-state index contributed by atoms with van der Waals surface area (Å²) in [5.74, 6) is 0. The standard InChI is InChI=1S/C13H19BrN2O/c1-2-15-5-7-16(8-6-15)12-4-3-11(10-17)13(14)9-12/h3-4,9,17H,2,5-8,10H2,1H3. The summed E-state index contributed by atoms with van der Waals surface area (Å²) in [5, 5.41) is 9.14. The molecule has 1 saturated heterocycles. The number of likely N-dealkylation sites (N-methyl/N-ethyl adjacent to an activating group) is 1. The van der Waals surface area contributed by atoms with Crippen LogP contribution >= 0.6 is 15.9 Å². The van der Waals surface area contributed by atoms with E-state index in [0.29, 0.717) is 0 Å². The maximum atomic E-state index is 9.14. The van der Waals surface area contributed by atoms with Gasteiger partial charge in [0, 0.05) is 36.3 Å². The maximum Gasteiger partial charge on any atom is 0.0692 e. The van der Waals surface area contributed by atoms with Crippen LogP contribution in [0.25, 0.3) is 0 Å². The smallest absolute Gasteiger partial charge is 0.0692 e. The molecule has 1 aliphatic rings. The van der Waals surface area contributed by atoms with Crippen molar-refractivity contribution in [2.75, 3.05) is 37.6 Å². The van der Waals surface area contributed by atoms with Crippen LogP contribution < -0.4 is 4.90 Å². The molecule has 0 atom stereocenters. The lowest BCUT2D eigenvalue weighted by Gasteiger charge is -2.35. The number of piperazine rings is 1. The van der Waals surface area contributed by atoms with Gasteiger partial charge in [-0.2, -0.15) is 0 Å². The quantitative estimate of drug-likeness (QED) is 0.926. The lowest BCUT2D eigenvalue weighted by molar-refractivity contribution is 0.271. The maximum absolute atomic E-state index is 9.14. The van der Waals surface area contributed by atoms with Gasteiger partial charge in [0.25, 0.3) is 0 Å². The van der Waals surface area contributed by atoms with Crippen LogP contribution in [0.5, 0.6) is 0 Å². The molecule has 0 amide bonds. The van der Waals surface area contributed by atoms with Crippen molar-refractivity contribution in [2.45, 2.75) is 13.5 Å². The van der Waals surface area contributed by atoms with E-state index < -0.39 is 0 Å². The number of halogens is 1. The molecule has 4 heteroatoms. The molecule has 0 aliphatic carbocycles. The van der Waals surface area contributed by atoms with Crippen molar-refractivity contribution in [1.82, 2.24) is 4.90 Å². The molecule has 0 unspecified atom stereocenters. The number of aliphatic hydroxyl groups excluding tert-OH is 1. The van der Waals surface area contributed by atoms with Crippen LogP contribution in [-0.2, 0) is 6.61 Å². The van der Waals surface area contributed by atoms with Crippen LogP contribution in [-0.4, -0.2) is 42.7 Å². The van der Waals surface area contributed by atoms with Crippen molar-refractivity contribution in [1.29, 1.82) is 0 Å². The van der Waals surface area contributed by atoms with E-state index in [4.69, 9.17) is 5.11 Å². The molecule has 2 rings (SSSR count). The zero-order chi connectivity index (χ0) is 12.3. The molecule has 1 aromatic carbocycles. The Morgan fingerprint density at radius 3 is 2.47 bits per heavy atom. The second-order valence-electron chi connectivity index (χ2n) is 4.36. The number of aliphatic hydroxyl groups is 1. The minimum absolute atomic E-state index is 0.0878. The van der Waals surface area contributed by atoms with Crippen LogP contribution in [0.1, 0.15) is 12.5 Å². The predicted octanol–water partition coefficient (Wildman–Crippen LogP) is 2.08. The monoisotopic (exact) mass is 298 g/mol. The van der Waals surface area contributed by atoms with E-state index in [2.05, 4.69) is 44.8 Å². The Morgan fingerprint density at radius 2 is 1.94 bits per heavy atom. The molecule has 3 nitrogen and oxygen atoms in total. The van der Waals surface area contributed by atoms with Crippen molar-refractivity contribution < 1.29 is 5.11 Å². The van der Waals surface area contributed by atoms with Crippen LogP contribution in [0.2, 0.25) is 0 Å². The van der Waals surface area contributed by atoms with Crippen LogP contribution in [0.15, 0.2) is 22.7 Å². The molecule has 0 spiro atoms. The van der Waals surface area contributed by atoms with E-state index >= 15 is 0 Å². The molecule has 1 aromatic rings. The van der Waals surface area contributed by atoms with E-state index in [0.717, 1.165) is 42.8 Å². The van der Waals surface area contributed by atoms with Crippen molar-refractivity contribution in [3.63, 3.8) is 0 Å². The lowest BCUT2D eigenvalue weighted by atomic mass is 10.2. The van der Waals surface area contributed by atoms with Crippen LogP contribution in [0.3, 0.4) is 0 Å². The first-order valence-corrected chi connectivity index (χ1v) is 6.90. The molecule has 0 aromatic heterocycles. The highest BCUT2D eigenvalue weighted by atomic mass is 79.9. The highest BCUT2D eigenvalue weighted by molar-refractivity contribution is 9.10. The van der Waals surface area contributed by atoms with Gasteiger partial charge in [-0.25, -0.2) is 0 Å². The number of benzene rings is 1. The van der Waals surface area contributed by atoms with Crippen LogP contribution in [0, 0.1) is 0 Å². The Bertz CT molecular complexity index is 376. The van der Waals surface area contributed by atoms with Gasteiger partial charge in [0.2, 0.25) is 0 Å². The van der Waals surface area contributed by atoms with Gasteiger partial charge in [-0.15, -0.1) is 0 Å². The van der Waals surface area contributed by atoms with E-state index in [1.807, 2.05) is 6.07 Å². The van der Waals surface area contributed by atoms with Crippen molar-refractivity contribution in [3.8, 4) is 0 Å². The van der Waals surface area contributed by atoms with Gasteiger partial charge in [-0.05, 0) is 24.2 Å². The summed E-state index contributed by atoms with van der Waals surface area (Å²) in [6, 6.07) is 6.19. The van der Waals surface area contributed by atoms with Crippen molar-refractivity contribution in [3.05, 3.63) is 28.2 Å². The first-order chi connectivity index (χ1) is 8.24. The molecule has 0 saturated carbocycles.